The molecular weight excluding hydrogens is 210 g/mol. The fourth-order valence-electron chi connectivity index (χ4n) is 3.43. The topological polar surface area (TPSA) is 18.5 Å². The molecule has 1 N–H and O–H groups in total. The van der Waals surface area contributed by atoms with E-state index in [1.165, 1.54) is 58.4 Å². The van der Waals surface area contributed by atoms with Gasteiger partial charge in [-0.1, -0.05) is 20.3 Å². The van der Waals surface area contributed by atoms with E-state index in [0.717, 1.165) is 18.6 Å². The molecule has 2 unspecified atom stereocenters. The summed E-state index contributed by atoms with van der Waals surface area (Å²) in [7, 11) is 0. The molecule has 2 aliphatic rings. The molecule has 2 saturated heterocycles. The van der Waals surface area contributed by atoms with Gasteiger partial charge in [0.05, 0.1) is 0 Å². The number of piperidine rings is 1. The molecule has 2 aliphatic heterocycles. The van der Waals surface area contributed by atoms with Gasteiger partial charge in [-0.25, -0.2) is 0 Å². The van der Waals surface area contributed by atoms with Crippen LogP contribution in [0.15, 0.2) is 0 Å². The van der Waals surface area contributed by atoms with Crippen LogP contribution in [0.5, 0.6) is 0 Å². The van der Waals surface area contributed by atoms with Crippen LogP contribution in [0.1, 0.15) is 39.5 Å². The van der Waals surface area contributed by atoms with E-state index in [4.69, 9.17) is 0 Å². The Bertz CT molecular complexity index is 216. The predicted octanol–water partition coefficient (Wildman–Crippen LogP) is 1.54. The molecule has 0 aromatic heterocycles. The highest BCUT2D eigenvalue weighted by Crippen LogP contribution is 2.26. The van der Waals surface area contributed by atoms with Crippen molar-refractivity contribution in [2.75, 3.05) is 39.3 Å². The Morgan fingerprint density at radius 2 is 1.94 bits per heavy atom. The molecule has 0 radical (unpaired) electrons. The van der Waals surface area contributed by atoms with Crippen molar-refractivity contribution < 1.29 is 0 Å². The Kier molecular flexibility index (Phi) is 5.26. The second-order valence-electron chi connectivity index (χ2n) is 5.48. The molecule has 2 heterocycles. The van der Waals surface area contributed by atoms with E-state index in [1.54, 1.807) is 0 Å². The first-order valence-corrected chi connectivity index (χ1v) is 7.55. The van der Waals surface area contributed by atoms with Crippen molar-refractivity contribution in [3.05, 3.63) is 0 Å². The first kappa shape index (κ1) is 13.3. The van der Waals surface area contributed by atoms with Crippen LogP contribution in [0, 0.1) is 0 Å². The van der Waals surface area contributed by atoms with Gasteiger partial charge in [0.25, 0.3) is 0 Å². The molecule has 0 amide bonds. The average Bonchev–Trinajstić information content (AvgIpc) is 2.78. The smallest absolute Gasteiger partial charge is 0.0249 e. The number of likely N-dealkylation sites (N-methyl/N-ethyl adjacent to an activating group) is 1. The molecule has 2 rings (SSSR count). The summed E-state index contributed by atoms with van der Waals surface area (Å²) in [6.07, 6.45) is 5.64. The molecule has 0 aromatic carbocycles. The van der Waals surface area contributed by atoms with Gasteiger partial charge in [-0.15, -0.1) is 0 Å². The van der Waals surface area contributed by atoms with Crippen molar-refractivity contribution in [1.82, 2.24) is 15.1 Å². The highest BCUT2D eigenvalue weighted by molar-refractivity contribution is 4.93. The molecule has 0 aromatic rings. The van der Waals surface area contributed by atoms with Gasteiger partial charge in [-0.3, -0.25) is 4.90 Å². The lowest BCUT2D eigenvalue weighted by molar-refractivity contribution is 0.178. The third kappa shape index (κ3) is 3.43. The Labute approximate surface area is 107 Å². The average molecular weight is 239 g/mol. The zero-order valence-electron chi connectivity index (χ0n) is 11.6. The Morgan fingerprint density at radius 1 is 1.12 bits per heavy atom. The fourth-order valence-corrected chi connectivity index (χ4v) is 3.43. The van der Waals surface area contributed by atoms with Gasteiger partial charge in [-0.2, -0.15) is 0 Å². The van der Waals surface area contributed by atoms with Gasteiger partial charge in [0.1, 0.15) is 0 Å². The molecule has 100 valence electrons. The molecule has 0 bridgehead atoms. The quantitative estimate of drug-likeness (QED) is 0.758. The molecule has 3 heteroatoms. The van der Waals surface area contributed by atoms with Crippen LogP contribution in [0.25, 0.3) is 0 Å². The van der Waals surface area contributed by atoms with Crippen LogP contribution in [-0.2, 0) is 0 Å². The van der Waals surface area contributed by atoms with Crippen LogP contribution in [0.3, 0.4) is 0 Å². The van der Waals surface area contributed by atoms with Gasteiger partial charge in [-0.05, 0) is 38.9 Å². The Hall–Kier alpha value is -0.120. The van der Waals surface area contributed by atoms with Crippen LogP contribution in [0.4, 0.5) is 0 Å². The lowest BCUT2D eigenvalue weighted by atomic mass is 9.99. The maximum Gasteiger partial charge on any atom is 0.0249 e. The molecule has 17 heavy (non-hydrogen) atoms. The van der Waals surface area contributed by atoms with Crippen LogP contribution in [0.2, 0.25) is 0 Å². The minimum atomic E-state index is 0.769. The number of nitrogens with one attached hydrogen (secondary N) is 1. The van der Waals surface area contributed by atoms with E-state index < -0.39 is 0 Å². The number of fused-ring (bicyclic) bond motifs is 1. The van der Waals surface area contributed by atoms with Crippen LogP contribution < -0.4 is 5.32 Å². The van der Waals surface area contributed by atoms with Gasteiger partial charge in [0, 0.05) is 31.7 Å². The van der Waals surface area contributed by atoms with E-state index in [1.807, 2.05) is 0 Å². The first-order valence-electron chi connectivity index (χ1n) is 7.55. The number of hydrogen-bond donors (Lipinski definition) is 1. The van der Waals surface area contributed by atoms with Crippen molar-refractivity contribution in [2.45, 2.75) is 51.6 Å². The van der Waals surface area contributed by atoms with Crippen molar-refractivity contribution in [2.24, 2.45) is 0 Å². The number of rotatable bonds is 6. The molecule has 0 saturated carbocycles. The normalized spacial score (nSPS) is 29.8. The van der Waals surface area contributed by atoms with Crippen molar-refractivity contribution in [3.63, 3.8) is 0 Å². The second-order valence-corrected chi connectivity index (χ2v) is 5.48. The van der Waals surface area contributed by atoms with Gasteiger partial charge < -0.3 is 10.2 Å². The number of hydrogen-bond acceptors (Lipinski definition) is 3. The maximum atomic E-state index is 3.80. The van der Waals surface area contributed by atoms with Gasteiger partial charge in [0.2, 0.25) is 0 Å². The Morgan fingerprint density at radius 3 is 2.71 bits per heavy atom. The summed E-state index contributed by atoms with van der Waals surface area (Å²) in [5, 5.41) is 3.80. The standard InChI is InChI=1S/C14H29N3/c1-3-16(4-2)12-9-15-13-8-11-17-10-6-5-7-14(13)17/h13-15H,3-12H2,1-2H3. The summed E-state index contributed by atoms with van der Waals surface area (Å²) >= 11 is 0. The predicted molar refractivity (Wildman–Crippen MR) is 73.4 cm³/mol. The van der Waals surface area contributed by atoms with E-state index in [0.29, 0.717) is 0 Å². The SMILES string of the molecule is CCN(CC)CCNC1CCN2CCCCC12. The van der Waals surface area contributed by atoms with Crippen LogP contribution in [-0.4, -0.2) is 61.2 Å². The summed E-state index contributed by atoms with van der Waals surface area (Å²) in [6, 6.07) is 1.62. The highest BCUT2D eigenvalue weighted by atomic mass is 15.2. The largest absolute Gasteiger partial charge is 0.311 e. The third-order valence-electron chi connectivity index (χ3n) is 4.58. The second kappa shape index (κ2) is 6.72. The zero-order chi connectivity index (χ0) is 12.1. The summed E-state index contributed by atoms with van der Waals surface area (Å²) in [4.78, 5) is 5.21. The monoisotopic (exact) mass is 239 g/mol. The fraction of sp³-hybridized carbons (Fsp3) is 1.00. The van der Waals surface area contributed by atoms with E-state index >= 15 is 0 Å². The highest BCUT2D eigenvalue weighted by Gasteiger charge is 2.34. The molecular formula is C14H29N3. The lowest BCUT2D eigenvalue weighted by Gasteiger charge is -2.33. The third-order valence-corrected chi connectivity index (χ3v) is 4.58. The van der Waals surface area contributed by atoms with Crippen molar-refractivity contribution in [3.8, 4) is 0 Å². The van der Waals surface area contributed by atoms with Gasteiger partial charge >= 0.3 is 0 Å². The minimum absolute atomic E-state index is 0.769. The first-order chi connectivity index (χ1) is 8.35. The summed E-state index contributed by atoms with van der Waals surface area (Å²) in [5.41, 5.74) is 0. The number of nitrogens with zero attached hydrogens (tertiary/aromatic N) is 2. The zero-order valence-corrected chi connectivity index (χ0v) is 11.6. The Balaban J connectivity index is 1.69. The van der Waals surface area contributed by atoms with E-state index in [9.17, 15) is 0 Å². The van der Waals surface area contributed by atoms with E-state index in [-0.39, 0.29) is 0 Å². The van der Waals surface area contributed by atoms with E-state index in [2.05, 4.69) is 29.0 Å². The summed E-state index contributed by atoms with van der Waals surface area (Å²) < 4.78 is 0. The summed E-state index contributed by atoms with van der Waals surface area (Å²) in [5.74, 6) is 0. The molecule has 0 spiro atoms. The molecule has 3 nitrogen and oxygen atoms in total. The van der Waals surface area contributed by atoms with Crippen molar-refractivity contribution in [1.29, 1.82) is 0 Å². The lowest BCUT2D eigenvalue weighted by Crippen LogP contribution is -2.46. The molecule has 2 atom stereocenters. The van der Waals surface area contributed by atoms with Crippen molar-refractivity contribution >= 4 is 0 Å². The molecule has 0 aliphatic carbocycles. The molecule has 2 fully saturated rings. The summed E-state index contributed by atoms with van der Waals surface area (Å²) in [6.45, 7) is 11.9. The van der Waals surface area contributed by atoms with Gasteiger partial charge in [0.15, 0.2) is 0 Å². The minimum Gasteiger partial charge on any atom is -0.311 e. The van der Waals surface area contributed by atoms with Crippen LogP contribution >= 0.6 is 0 Å². The maximum absolute atomic E-state index is 3.80.